The van der Waals surface area contributed by atoms with Crippen LogP contribution in [-0.2, 0) is 9.53 Å². The zero-order valence-corrected chi connectivity index (χ0v) is 22.6. The van der Waals surface area contributed by atoms with Gasteiger partial charge in [-0.3, -0.25) is 19.5 Å². The lowest BCUT2D eigenvalue weighted by Crippen LogP contribution is -2.39. The molecule has 0 aliphatic carbocycles. The maximum absolute atomic E-state index is 13.9. The van der Waals surface area contributed by atoms with Gasteiger partial charge >= 0.3 is 5.97 Å². The van der Waals surface area contributed by atoms with Crippen LogP contribution in [0.1, 0.15) is 24.3 Å². The number of nitro groups is 1. The number of furan rings is 1. The van der Waals surface area contributed by atoms with E-state index in [-0.39, 0.29) is 16.8 Å². The van der Waals surface area contributed by atoms with Gasteiger partial charge in [-0.15, -0.1) is 0 Å². The van der Waals surface area contributed by atoms with Gasteiger partial charge in [-0.2, -0.15) is 5.10 Å². The lowest BCUT2D eigenvalue weighted by molar-refractivity contribution is -0.384. The highest BCUT2D eigenvalue weighted by molar-refractivity contribution is 7.07. The second-order valence-electron chi connectivity index (χ2n) is 9.11. The van der Waals surface area contributed by atoms with Crippen molar-refractivity contribution in [2.75, 3.05) is 7.11 Å². The van der Waals surface area contributed by atoms with Gasteiger partial charge in [-0.25, -0.2) is 14.5 Å². The third-order valence-corrected chi connectivity index (χ3v) is 7.60. The topological polar surface area (TPSA) is 135 Å². The molecule has 11 nitrogen and oxygen atoms in total. The summed E-state index contributed by atoms with van der Waals surface area (Å²) in [6.45, 7) is 1.68. The van der Waals surface area contributed by atoms with E-state index in [1.54, 1.807) is 48.1 Å². The summed E-state index contributed by atoms with van der Waals surface area (Å²) in [5, 5.41) is 16.2. The maximum atomic E-state index is 13.9. The van der Waals surface area contributed by atoms with Crippen molar-refractivity contribution in [3.8, 4) is 16.9 Å². The number of allylic oxidation sites excluding steroid dienone is 1. The van der Waals surface area contributed by atoms with Crippen molar-refractivity contribution >= 4 is 29.1 Å². The van der Waals surface area contributed by atoms with Crippen LogP contribution in [0.4, 0.5) is 5.69 Å². The summed E-state index contributed by atoms with van der Waals surface area (Å²) in [4.78, 5) is 42.6. The average molecular weight is 568 g/mol. The van der Waals surface area contributed by atoms with E-state index in [1.165, 1.54) is 30.1 Å². The largest absolute Gasteiger partial charge is 0.467 e. The third-order valence-electron chi connectivity index (χ3n) is 6.62. The number of carbonyl (C=O) groups excluding carboxylic acids is 1. The Hall–Kier alpha value is -5.36. The second-order valence-corrected chi connectivity index (χ2v) is 10.1. The fraction of sp³-hybridized carbons (Fsp3) is 0.103. The maximum Gasteiger partial charge on any atom is 0.338 e. The monoisotopic (exact) mass is 567 g/mol. The van der Waals surface area contributed by atoms with Crippen LogP contribution in [0.15, 0.2) is 105 Å². The summed E-state index contributed by atoms with van der Waals surface area (Å²) < 4.78 is 14.0. The molecule has 4 heterocycles. The molecule has 1 aliphatic heterocycles. The number of fused-ring (bicyclic) bond motifs is 1. The molecular weight excluding hydrogens is 546 g/mol. The van der Waals surface area contributed by atoms with Crippen molar-refractivity contribution < 1.29 is 18.9 Å². The molecule has 0 amide bonds. The van der Waals surface area contributed by atoms with Crippen LogP contribution >= 0.6 is 11.3 Å². The first-order chi connectivity index (χ1) is 19.9. The molecule has 0 saturated heterocycles. The van der Waals surface area contributed by atoms with Crippen LogP contribution in [0.5, 0.6) is 0 Å². The molecule has 2 aromatic carbocycles. The minimum Gasteiger partial charge on any atom is -0.467 e. The number of ether oxygens (including phenoxy) is 1. The average Bonchev–Trinajstić information content (AvgIpc) is 3.73. The van der Waals surface area contributed by atoms with Crippen molar-refractivity contribution in [1.82, 2.24) is 14.3 Å². The van der Waals surface area contributed by atoms with Crippen LogP contribution in [-0.4, -0.2) is 32.3 Å². The van der Waals surface area contributed by atoms with Crippen LogP contribution < -0.4 is 14.9 Å². The number of rotatable bonds is 6. The van der Waals surface area contributed by atoms with E-state index in [4.69, 9.17) is 14.3 Å². The lowest BCUT2D eigenvalue weighted by Gasteiger charge is -2.22. The van der Waals surface area contributed by atoms with Gasteiger partial charge in [0.2, 0.25) is 0 Å². The number of para-hydroxylation sites is 1. The Morgan fingerprint density at radius 1 is 1.15 bits per heavy atom. The van der Waals surface area contributed by atoms with Gasteiger partial charge in [0.05, 0.1) is 39.8 Å². The highest BCUT2D eigenvalue weighted by Crippen LogP contribution is 2.31. The van der Waals surface area contributed by atoms with Crippen molar-refractivity contribution in [2.45, 2.75) is 13.0 Å². The first-order valence-electron chi connectivity index (χ1n) is 12.4. The molecule has 0 N–H and O–H groups in total. The smallest absolute Gasteiger partial charge is 0.338 e. The van der Waals surface area contributed by atoms with E-state index in [1.807, 2.05) is 30.3 Å². The zero-order chi connectivity index (χ0) is 28.7. The molecule has 0 fully saturated rings. The number of non-ortho nitro benzene ring substituents is 1. The van der Waals surface area contributed by atoms with E-state index in [2.05, 4.69) is 4.99 Å². The fourth-order valence-corrected chi connectivity index (χ4v) is 5.78. The first kappa shape index (κ1) is 25.9. The number of esters is 1. The molecule has 0 radical (unpaired) electrons. The predicted molar refractivity (Wildman–Crippen MR) is 150 cm³/mol. The SMILES string of the molecule is COC(=O)C1=C(C)N=c2s/c(=C\c3cn(-c4ccccc4)nc3-c3cccc([N+](=O)[O-])c3)c(=O)n2C1c1ccco1. The van der Waals surface area contributed by atoms with Crippen LogP contribution in [0, 0.1) is 10.1 Å². The molecule has 204 valence electrons. The number of hydrogen-bond donors (Lipinski definition) is 0. The third kappa shape index (κ3) is 4.59. The summed E-state index contributed by atoms with van der Waals surface area (Å²) in [5.41, 5.74) is 2.47. The number of thiazole rings is 1. The van der Waals surface area contributed by atoms with E-state index in [0.29, 0.717) is 37.6 Å². The predicted octanol–water partition coefficient (Wildman–Crippen LogP) is 3.76. The number of nitrogens with zero attached hydrogens (tertiary/aromatic N) is 5. The van der Waals surface area contributed by atoms with E-state index in [9.17, 15) is 19.7 Å². The van der Waals surface area contributed by atoms with Crippen LogP contribution in [0.3, 0.4) is 0 Å². The number of benzene rings is 2. The molecule has 0 spiro atoms. The standard InChI is InChI=1S/C29H21N5O6S/c1-17-24(28(36)39-2)26(22-12-7-13-40-22)33-27(35)23(41-29(33)30-17)15-19-16-32(20-9-4-3-5-10-20)31-25(19)18-8-6-11-21(14-18)34(37)38/h3-16,26H,1-2H3/b23-15-. The molecule has 5 aromatic rings. The highest BCUT2D eigenvalue weighted by Gasteiger charge is 2.34. The summed E-state index contributed by atoms with van der Waals surface area (Å²) in [6.07, 6.45) is 4.91. The van der Waals surface area contributed by atoms with Gasteiger partial charge < -0.3 is 9.15 Å². The Labute approximate surface area is 235 Å². The number of aromatic nitrogens is 3. The summed E-state index contributed by atoms with van der Waals surface area (Å²) >= 11 is 1.15. The Morgan fingerprint density at radius 2 is 1.95 bits per heavy atom. The van der Waals surface area contributed by atoms with Gasteiger partial charge in [0.15, 0.2) is 4.80 Å². The normalized spacial score (nSPS) is 15.0. The summed E-state index contributed by atoms with van der Waals surface area (Å²) in [6, 6.07) is 18.1. The van der Waals surface area contributed by atoms with E-state index in [0.717, 1.165) is 17.0 Å². The molecule has 0 saturated carbocycles. The molecule has 41 heavy (non-hydrogen) atoms. The van der Waals surface area contributed by atoms with Crippen molar-refractivity contribution in [3.05, 3.63) is 132 Å². The van der Waals surface area contributed by atoms with Crippen LogP contribution in [0.2, 0.25) is 0 Å². The molecule has 12 heteroatoms. The molecule has 3 aromatic heterocycles. The molecule has 1 aliphatic rings. The van der Waals surface area contributed by atoms with Crippen molar-refractivity contribution in [1.29, 1.82) is 0 Å². The number of nitro benzene ring substituents is 1. The molecule has 1 atom stereocenters. The molecule has 1 unspecified atom stereocenters. The van der Waals surface area contributed by atoms with Gasteiger partial charge in [0.25, 0.3) is 11.2 Å². The minimum absolute atomic E-state index is 0.0775. The fourth-order valence-electron chi connectivity index (χ4n) is 4.75. The van der Waals surface area contributed by atoms with E-state index < -0.39 is 16.9 Å². The van der Waals surface area contributed by atoms with Gasteiger partial charge in [0, 0.05) is 29.5 Å². The lowest BCUT2D eigenvalue weighted by atomic mass is 10.0. The minimum atomic E-state index is -0.862. The van der Waals surface area contributed by atoms with Crippen LogP contribution in [0.25, 0.3) is 23.0 Å². The van der Waals surface area contributed by atoms with Crippen molar-refractivity contribution in [3.63, 3.8) is 0 Å². The Balaban J connectivity index is 1.57. The molecular formula is C29H21N5O6S. The first-order valence-corrected chi connectivity index (χ1v) is 13.2. The highest BCUT2D eigenvalue weighted by atomic mass is 32.1. The number of methoxy groups -OCH3 is 1. The van der Waals surface area contributed by atoms with Crippen molar-refractivity contribution in [2.24, 2.45) is 4.99 Å². The number of hydrogen-bond acceptors (Lipinski definition) is 9. The zero-order valence-electron chi connectivity index (χ0n) is 21.8. The van der Waals surface area contributed by atoms with E-state index >= 15 is 0 Å². The van der Waals surface area contributed by atoms with Gasteiger partial charge in [0.1, 0.15) is 17.5 Å². The quantitative estimate of drug-likeness (QED) is 0.173. The number of carbonyl (C=O) groups is 1. The molecule has 0 bridgehead atoms. The molecule has 6 rings (SSSR count). The summed E-state index contributed by atoms with van der Waals surface area (Å²) in [5.74, 6) is -0.222. The van der Waals surface area contributed by atoms with Gasteiger partial charge in [-0.05, 0) is 37.3 Å². The second kappa shape index (κ2) is 10.3. The Bertz CT molecular complexity index is 2020. The summed E-state index contributed by atoms with van der Waals surface area (Å²) in [7, 11) is 1.27. The van der Waals surface area contributed by atoms with Gasteiger partial charge in [-0.1, -0.05) is 41.7 Å². The Morgan fingerprint density at radius 3 is 2.66 bits per heavy atom. The Kier molecular flexibility index (Phi) is 6.52.